The van der Waals surface area contributed by atoms with Crippen LogP contribution in [0.1, 0.15) is 67.2 Å². The smallest absolute Gasteiger partial charge is 0.335 e. The monoisotopic (exact) mass is 401 g/mol. The lowest BCUT2D eigenvalue weighted by molar-refractivity contribution is 0.0697. The zero-order valence-corrected chi connectivity index (χ0v) is 17.1. The molecule has 0 aliphatic carbocycles. The molecule has 0 saturated heterocycles. The highest BCUT2D eigenvalue weighted by Gasteiger charge is 2.09. The van der Waals surface area contributed by atoms with Crippen LogP contribution < -0.4 is 15.8 Å². The Kier molecular flexibility index (Phi) is 9.85. The molecule has 1 heterocycles. The van der Waals surface area contributed by atoms with Crippen molar-refractivity contribution in [2.75, 3.05) is 25.0 Å². The molecule has 1 aromatic heterocycles. The highest BCUT2D eigenvalue weighted by Crippen LogP contribution is 2.13. The number of carbonyl (C=O) groups is 1. The van der Waals surface area contributed by atoms with Crippen LogP contribution in [0, 0.1) is 0 Å². The van der Waals surface area contributed by atoms with Crippen LogP contribution in [0.3, 0.4) is 0 Å². The Bertz CT molecular complexity index is 752. The minimum atomic E-state index is -0.943. The van der Waals surface area contributed by atoms with E-state index in [0.29, 0.717) is 30.8 Å². The summed E-state index contributed by atoms with van der Waals surface area (Å²) in [7, 11) is 0. The summed E-state index contributed by atoms with van der Waals surface area (Å²) in [6.07, 6.45) is 7.41. The van der Waals surface area contributed by atoms with E-state index in [1.807, 2.05) is 6.92 Å². The van der Waals surface area contributed by atoms with Gasteiger partial charge in [0.25, 0.3) is 0 Å². The van der Waals surface area contributed by atoms with Crippen LogP contribution in [0.15, 0.2) is 24.3 Å². The molecule has 0 unspecified atom stereocenters. The molecule has 29 heavy (non-hydrogen) atoms. The van der Waals surface area contributed by atoms with E-state index < -0.39 is 5.97 Å². The minimum Gasteiger partial charge on any atom is -0.478 e. The molecule has 158 valence electrons. The van der Waals surface area contributed by atoms with Gasteiger partial charge in [0.1, 0.15) is 5.82 Å². The Morgan fingerprint density at radius 1 is 1.03 bits per heavy atom. The standard InChI is InChI=1S/C21H31N5O3/c1-2-29-21-25-18(15-16-9-11-17(12-10-16)19(27)28)24-20(26-21)23-14-8-6-4-3-5-7-13-22/h9-12H,2-8,13-15,22H2,1H3,(H,27,28)(H,23,24,25,26). The third-order valence-electron chi connectivity index (χ3n) is 4.41. The Morgan fingerprint density at radius 3 is 2.38 bits per heavy atom. The number of carboxylic acid groups (broad SMARTS) is 1. The third kappa shape index (κ3) is 8.43. The Hall–Kier alpha value is -2.74. The van der Waals surface area contributed by atoms with Gasteiger partial charge in [0.05, 0.1) is 12.2 Å². The van der Waals surface area contributed by atoms with E-state index in [2.05, 4.69) is 20.3 Å². The first-order valence-electron chi connectivity index (χ1n) is 10.3. The Balaban J connectivity index is 1.91. The second-order valence-electron chi connectivity index (χ2n) is 6.81. The van der Waals surface area contributed by atoms with Crippen LogP contribution in [0.25, 0.3) is 0 Å². The van der Waals surface area contributed by atoms with Gasteiger partial charge in [-0.1, -0.05) is 37.8 Å². The van der Waals surface area contributed by atoms with Crippen molar-refractivity contribution in [1.29, 1.82) is 0 Å². The van der Waals surface area contributed by atoms with Gasteiger partial charge in [-0.2, -0.15) is 15.0 Å². The quantitative estimate of drug-likeness (QED) is 0.412. The summed E-state index contributed by atoms with van der Waals surface area (Å²) in [5.74, 6) is 0.140. The number of hydrogen-bond acceptors (Lipinski definition) is 7. The van der Waals surface area contributed by atoms with Crippen molar-refractivity contribution >= 4 is 11.9 Å². The topological polar surface area (TPSA) is 123 Å². The molecule has 1 aromatic carbocycles. The summed E-state index contributed by atoms with van der Waals surface area (Å²) in [5.41, 5.74) is 6.68. The van der Waals surface area contributed by atoms with Gasteiger partial charge in [0, 0.05) is 13.0 Å². The lowest BCUT2D eigenvalue weighted by Crippen LogP contribution is -2.11. The molecular weight excluding hydrogens is 370 g/mol. The number of aromatic nitrogens is 3. The van der Waals surface area contributed by atoms with Gasteiger partial charge in [-0.15, -0.1) is 0 Å². The van der Waals surface area contributed by atoms with Gasteiger partial charge in [0.15, 0.2) is 0 Å². The van der Waals surface area contributed by atoms with Crippen LogP contribution >= 0.6 is 0 Å². The van der Waals surface area contributed by atoms with Crippen molar-refractivity contribution in [1.82, 2.24) is 15.0 Å². The zero-order valence-electron chi connectivity index (χ0n) is 17.1. The molecule has 0 fully saturated rings. The number of ether oxygens (including phenoxy) is 1. The number of anilines is 1. The fourth-order valence-electron chi connectivity index (χ4n) is 2.87. The molecule has 0 bridgehead atoms. The van der Waals surface area contributed by atoms with E-state index in [4.69, 9.17) is 15.6 Å². The van der Waals surface area contributed by atoms with E-state index in [0.717, 1.165) is 37.9 Å². The number of nitrogens with zero attached hydrogens (tertiary/aromatic N) is 3. The maximum atomic E-state index is 11.0. The first-order chi connectivity index (χ1) is 14.1. The van der Waals surface area contributed by atoms with Crippen molar-refractivity contribution in [2.24, 2.45) is 5.73 Å². The first-order valence-corrected chi connectivity index (χ1v) is 10.3. The highest BCUT2D eigenvalue weighted by atomic mass is 16.5. The van der Waals surface area contributed by atoms with E-state index >= 15 is 0 Å². The van der Waals surface area contributed by atoms with Crippen molar-refractivity contribution in [3.8, 4) is 6.01 Å². The Morgan fingerprint density at radius 2 is 1.72 bits per heavy atom. The lowest BCUT2D eigenvalue weighted by Gasteiger charge is -2.09. The zero-order chi connectivity index (χ0) is 20.9. The summed E-state index contributed by atoms with van der Waals surface area (Å²) in [6, 6.07) is 6.99. The largest absolute Gasteiger partial charge is 0.478 e. The van der Waals surface area contributed by atoms with Crippen LogP contribution in [-0.4, -0.2) is 45.7 Å². The maximum absolute atomic E-state index is 11.0. The molecule has 0 radical (unpaired) electrons. The highest BCUT2D eigenvalue weighted by molar-refractivity contribution is 5.87. The van der Waals surface area contributed by atoms with Gasteiger partial charge < -0.3 is 20.9 Å². The second-order valence-corrected chi connectivity index (χ2v) is 6.81. The average Bonchev–Trinajstić information content (AvgIpc) is 2.70. The summed E-state index contributed by atoms with van der Waals surface area (Å²) < 4.78 is 5.47. The molecular formula is C21H31N5O3. The summed E-state index contributed by atoms with van der Waals surface area (Å²) in [5, 5.41) is 12.3. The molecule has 2 rings (SSSR count). The van der Waals surface area contributed by atoms with E-state index in [-0.39, 0.29) is 5.56 Å². The number of aromatic carboxylic acids is 1. The minimum absolute atomic E-state index is 0.254. The van der Waals surface area contributed by atoms with Crippen molar-refractivity contribution in [3.63, 3.8) is 0 Å². The fraction of sp³-hybridized carbons (Fsp3) is 0.524. The number of carboxylic acids is 1. The van der Waals surface area contributed by atoms with Gasteiger partial charge in [-0.05, 0) is 44.0 Å². The number of benzene rings is 1. The van der Waals surface area contributed by atoms with Crippen molar-refractivity contribution in [2.45, 2.75) is 51.9 Å². The molecule has 8 heteroatoms. The van der Waals surface area contributed by atoms with Crippen molar-refractivity contribution in [3.05, 3.63) is 41.2 Å². The molecule has 0 saturated carbocycles. The van der Waals surface area contributed by atoms with Crippen molar-refractivity contribution < 1.29 is 14.6 Å². The van der Waals surface area contributed by atoms with E-state index in [1.54, 1.807) is 24.3 Å². The maximum Gasteiger partial charge on any atom is 0.335 e. The number of hydrogen-bond donors (Lipinski definition) is 3. The van der Waals surface area contributed by atoms with E-state index in [1.165, 1.54) is 19.3 Å². The average molecular weight is 402 g/mol. The van der Waals surface area contributed by atoms with Crippen LogP contribution in [-0.2, 0) is 6.42 Å². The molecule has 8 nitrogen and oxygen atoms in total. The number of unbranched alkanes of at least 4 members (excludes halogenated alkanes) is 5. The Labute approximate surface area is 171 Å². The predicted molar refractivity (Wildman–Crippen MR) is 112 cm³/mol. The summed E-state index contributed by atoms with van der Waals surface area (Å²) in [4.78, 5) is 24.1. The molecule has 0 amide bonds. The normalized spacial score (nSPS) is 10.7. The predicted octanol–water partition coefficient (Wildman–Crippen LogP) is 3.27. The molecule has 0 atom stereocenters. The molecule has 0 aliphatic rings. The van der Waals surface area contributed by atoms with Crippen LogP contribution in [0.5, 0.6) is 6.01 Å². The fourth-order valence-corrected chi connectivity index (χ4v) is 2.87. The van der Waals surface area contributed by atoms with Crippen LogP contribution in [0.4, 0.5) is 5.95 Å². The molecule has 0 spiro atoms. The molecule has 0 aliphatic heterocycles. The molecule has 4 N–H and O–H groups in total. The number of nitrogens with two attached hydrogens (primary N) is 1. The summed E-state index contributed by atoms with van der Waals surface area (Å²) >= 11 is 0. The van der Waals surface area contributed by atoms with Gasteiger partial charge in [0.2, 0.25) is 5.95 Å². The van der Waals surface area contributed by atoms with Gasteiger partial charge in [-0.25, -0.2) is 4.79 Å². The number of rotatable bonds is 14. The lowest BCUT2D eigenvalue weighted by atomic mass is 10.1. The SMILES string of the molecule is CCOc1nc(Cc2ccc(C(=O)O)cc2)nc(NCCCCCCCCN)n1. The third-order valence-corrected chi connectivity index (χ3v) is 4.41. The van der Waals surface area contributed by atoms with Gasteiger partial charge in [-0.3, -0.25) is 0 Å². The van der Waals surface area contributed by atoms with Crippen LogP contribution in [0.2, 0.25) is 0 Å². The number of nitrogens with one attached hydrogen (secondary N) is 1. The van der Waals surface area contributed by atoms with E-state index in [9.17, 15) is 4.79 Å². The van der Waals surface area contributed by atoms with Gasteiger partial charge >= 0.3 is 12.0 Å². The first kappa shape index (κ1) is 22.5. The summed E-state index contributed by atoms with van der Waals surface area (Å²) in [6.45, 7) is 3.92. The molecule has 2 aromatic rings. The second kappa shape index (κ2) is 12.7.